The summed E-state index contributed by atoms with van der Waals surface area (Å²) in [4.78, 5) is 17.8. The van der Waals surface area contributed by atoms with Crippen LogP contribution in [0.2, 0.25) is 5.02 Å². The maximum absolute atomic E-state index is 12.9. The maximum atomic E-state index is 12.9. The van der Waals surface area contributed by atoms with E-state index in [9.17, 15) is 4.79 Å². The highest BCUT2D eigenvalue weighted by molar-refractivity contribution is 7.16. The number of furan rings is 1. The third kappa shape index (κ3) is 4.14. The van der Waals surface area contributed by atoms with Gasteiger partial charge in [0, 0.05) is 23.6 Å². The fourth-order valence-electron chi connectivity index (χ4n) is 3.20. The normalized spacial score (nSPS) is 12.2. The molecule has 0 atom stereocenters. The summed E-state index contributed by atoms with van der Waals surface area (Å²) in [6.07, 6.45) is 0. The molecule has 6 nitrogen and oxygen atoms in total. The van der Waals surface area contributed by atoms with E-state index in [-0.39, 0.29) is 5.76 Å². The van der Waals surface area contributed by atoms with Crippen LogP contribution in [-0.2, 0) is 11.3 Å². The minimum Gasteiger partial charge on any atom is -0.490 e. The van der Waals surface area contributed by atoms with Gasteiger partial charge in [0.25, 0.3) is 0 Å². The van der Waals surface area contributed by atoms with Crippen molar-refractivity contribution < 1.29 is 18.7 Å². The lowest BCUT2D eigenvalue weighted by Crippen LogP contribution is -2.19. The number of aromatic nitrogens is 1. The Morgan fingerprint density at radius 1 is 1.20 bits per heavy atom. The van der Waals surface area contributed by atoms with Crippen molar-refractivity contribution in [2.45, 2.75) is 20.4 Å². The summed E-state index contributed by atoms with van der Waals surface area (Å²) >= 11 is 7.55. The first kappa shape index (κ1) is 20.7. The van der Waals surface area contributed by atoms with Crippen molar-refractivity contribution in [2.75, 3.05) is 19.8 Å². The van der Waals surface area contributed by atoms with Gasteiger partial charge in [-0.25, -0.2) is 0 Å². The van der Waals surface area contributed by atoms with Gasteiger partial charge in [-0.2, -0.15) is 4.99 Å². The molecule has 30 heavy (non-hydrogen) atoms. The Morgan fingerprint density at radius 2 is 2.07 bits per heavy atom. The van der Waals surface area contributed by atoms with Crippen molar-refractivity contribution in [1.29, 1.82) is 0 Å². The van der Waals surface area contributed by atoms with E-state index in [1.54, 1.807) is 6.07 Å². The number of nitrogens with zero attached hydrogens (tertiary/aromatic N) is 2. The molecule has 0 aliphatic heterocycles. The average molecular weight is 445 g/mol. The number of ether oxygens (including phenoxy) is 2. The predicted molar refractivity (Wildman–Crippen MR) is 119 cm³/mol. The number of hydrogen-bond donors (Lipinski definition) is 0. The van der Waals surface area contributed by atoms with Gasteiger partial charge in [-0.1, -0.05) is 35.1 Å². The van der Waals surface area contributed by atoms with E-state index in [1.165, 1.54) is 11.3 Å². The molecule has 0 spiro atoms. The molecule has 0 aliphatic carbocycles. The van der Waals surface area contributed by atoms with Crippen LogP contribution in [-0.4, -0.2) is 30.3 Å². The number of para-hydroxylation sites is 1. The minimum absolute atomic E-state index is 0.170. The lowest BCUT2D eigenvalue weighted by Gasteiger charge is -2.05. The Labute approximate surface area is 182 Å². The van der Waals surface area contributed by atoms with Crippen molar-refractivity contribution in [2.24, 2.45) is 4.99 Å². The molecule has 0 N–H and O–H groups in total. The number of amides is 1. The van der Waals surface area contributed by atoms with Gasteiger partial charge in [0.15, 0.2) is 21.9 Å². The second-order valence-electron chi connectivity index (χ2n) is 6.48. The first-order valence-electron chi connectivity index (χ1n) is 9.71. The number of fused-ring (bicyclic) bond motifs is 2. The fourth-order valence-corrected chi connectivity index (χ4v) is 4.53. The lowest BCUT2D eigenvalue weighted by molar-refractivity contribution is 0.0972. The smallest absolute Gasteiger partial charge is 0.315 e. The molecule has 0 fully saturated rings. The molecule has 2 aromatic carbocycles. The average Bonchev–Trinajstić information content (AvgIpc) is 3.30. The molecule has 4 aromatic rings. The Balaban J connectivity index is 1.76. The van der Waals surface area contributed by atoms with Gasteiger partial charge < -0.3 is 18.5 Å². The Hall–Kier alpha value is -2.61. The van der Waals surface area contributed by atoms with E-state index in [0.29, 0.717) is 47.5 Å². The largest absolute Gasteiger partial charge is 0.490 e. The van der Waals surface area contributed by atoms with Crippen LogP contribution in [0, 0.1) is 0 Å². The maximum Gasteiger partial charge on any atom is 0.315 e. The molecule has 8 heteroatoms. The summed E-state index contributed by atoms with van der Waals surface area (Å²) < 4.78 is 19.8. The second kappa shape index (κ2) is 9.04. The summed E-state index contributed by atoms with van der Waals surface area (Å²) in [7, 11) is 0. The quantitative estimate of drug-likeness (QED) is 0.364. The number of hydrogen-bond acceptors (Lipinski definition) is 5. The van der Waals surface area contributed by atoms with Crippen LogP contribution in [0.4, 0.5) is 0 Å². The SMILES string of the molecule is CCOCCn1c(=NC(=O)c2cc3cccc(OCC)c3o2)sc2cc(Cl)ccc21. The first-order chi connectivity index (χ1) is 14.6. The molecule has 0 radical (unpaired) electrons. The van der Waals surface area contributed by atoms with Crippen molar-refractivity contribution in [3.8, 4) is 5.75 Å². The molecule has 2 heterocycles. The highest BCUT2D eigenvalue weighted by atomic mass is 35.5. The molecule has 4 rings (SSSR count). The lowest BCUT2D eigenvalue weighted by atomic mass is 10.2. The number of carbonyl (C=O) groups is 1. The summed E-state index contributed by atoms with van der Waals surface area (Å²) in [5.41, 5.74) is 1.50. The molecular formula is C22H21ClN2O4S. The van der Waals surface area contributed by atoms with E-state index in [4.69, 9.17) is 25.5 Å². The topological polar surface area (TPSA) is 66.0 Å². The number of thiazole rings is 1. The summed E-state index contributed by atoms with van der Waals surface area (Å²) in [6.45, 7) is 6.09. The third-order valence-corrected chi connectivity index (χ3v) is 5.80. The molecular weight excluding hydrogens is 424 g/mol. The van der Waals surface area contributed by atoms with Crippen LogP contribution >= 0.6 is 22.9 Å². The van der Waals surface area contributed by atoms with Crippen molar-refractivity contribution >= 4 is 50.0 Å². The zero-order valence-electron chi connectivity index (χ0n) is 16.7. The van der Waals surface area contributed by atoms with Gasteiger partial charge in [-0.15, -0.1) is 0 Å². The van der Waals surface area contributed by atoms with Gasteiger partial charge in [0.1, 0.15) is 0 Å². The molecule has 0 aliphatic rings. The van der Waals surface area contributed by atoms with E-state index in [1.807, 2.05) is 54.8 Å². The predicted octanol–water partition coefficient (Wildman–Crippen LogP) is 5.28. The van der Waals surface area contributed by atoms with Gasteiger partial charge in [0.05, 0.1) is 23.4 Å². The van der Waals surface area contributed by atoms with E-state index in [2.05, 4.69) is 4.99 Å². The van der Waals surface area contributed by atoms with Crippen molar-refractivity contribution in [1.82, 2.24) is 4.57 Å². The van der Waals surface area contributed by atoms with Crippen LogP contribution in [0.5, 0.6) is 5.75 Å². The van der Waals surface area contributed by atoms with Gasteiger partial charge in [0.2, 0.25) is 0 Å². The minimum atomic E-state index is -0.448. The standard InChI is InChI=1S/C22H21ClN2O4S/c1-3-27-11-10-25-16-9-8-15(23)13-19(16)30-22(25)24-21(26)18-12-14-6-5-7-17(28-4-2)20(14)29-18/h5-9,12-13H,3-4,10-11H2,1-2H3. The highest BCUT2D eigenvalue weighted by Gasteiger charge is 2.16. The Kier molecular flexibility index (Phi) is 6.22. The molecule has 2 aromatic heterocycles. The number of carbonyl (C=O) groups excluding carboxylic acids is 1. The number of rotatable bonds is 7. The zero-order valence-corrected chi connectivity index (χ0v) is 18.3. The summed E-state index contributed by atoms with van der Waals surface area (Å²) in [5.74, 6) is 0.331. The second-order valence-corrected chi connectivity index (χ2v) is 7.93. The molecule has 1 amide bonds. The summed E-state index contributed by atoms with van der Waals surface area (Å²) in [6, 6.07) is 12.9. The third-order valence-electron chi connectivity index (χ3n) is 4.52. The van der Waals surface area contributed by atoms with Crippen molar-refractivity contribution in [3.63, 3.8) is 0 Å². The number of benzene rings is 2. The van der Waals surface area contributed by atoms with Crippen LogP contribution in [0.1, 0.15) is 24.4 Å². The fraction of sp³-hybridized carbons (Fsp3) is 0.273. The van der Waals surface area contributed by atoms with E-state index >= 15 is 0 Å². The number of halogens is 1. The molecule has 0 bridgehead atoms. The van der Waals surface area contributed by atoms with Gasteiger partial charge in [-0.3, -0.25) is 4.79 Å². The Bertz CT molecular complexity index is 1270. The Morgan fingerprint density at radius 3 is 2.87 bits per heavy atom. The van der Waals surface area contributed by atoms with Crippen LogP contribution < -0.4 is 9.54 Å². The first-order valence-corrected chi connectivity index (χ1v) is 10.9. The summed E-state index contributed by atoms with van der Waals surface area (Å²) in [5, 5.41) is 1.44. The van der Waals surface area contributed by atoms with Gasteiger partial charge >= 0.3 is 5.91 Å². The van der Waals surface area contributed by atoms with Crippen LogP contribution in [0.25, 0.3) is 21.2 Å². The van der Waals surface area contributed by atoms with E-state index in [0.717, 1.165) is 15.6 Å². The van der Waals surface area contributed by atoms with E-state index < -0.39 is 5.91 Å². The molecule has 0 saturated carbocycles. The molecule has 0 unspecified atom stereocenters. The van der Waals surface area contributed by atoms with Crippen LogP contribution in [0.15, 0.2) is 51.9 Å². The molecule has 156 valence electrons. The molecule has 0 saturated heterocycles. The van der Waals surface area contributed by atoms with Crippen molar-refractivity contribution in [3.05, 3.63) is 58.0 Å². The highest BCUT2D eigenvalue weighted by Crippen LogP contribution is 2.29. The van der Waals surface area contributed by atoms with Gasteiger partial charge in [-0.05, 0) is 44.2 Å². The van der Waals surface area contributed by atoms with Crippen LogP contribution in [0.3, 0.4) is 0 Å². The monoisotopic (exact) mass is 444 g/mol. The zero-order chi connectivity index (χ0) is 21.1.